The van der Waals surface area contributed by atoms with E-state index in [2.05, 4.69) is 10.0 Å². The molecule has 0 bridgehead atoms. The number of carbonyl (C=O) groups excluding carboxylic acids is 1. The van der Waals surface area contributed by atoms with Gasteiger partial charge in [0.15, 0.2) is 11.6 Å². The van der Waals surface area contributed by atoms with Crippen LogP contribution in [-0.2, 0) is 27.1 Å². The highest BCUT2D eigenvalue weighted by Crippen LogP contribution is 2.11. The molecule has 1 aromatic heterocycles. The molecule has 1 aromatic carbocycles. The molecular weight excluding hydrogens is 330 g/mol. The Labute approximate surface area is 131 Å². The molecule has 2 N–H and O–H groups in total. The number of rotatable bonds is 7. The van der Waals surface area contributed by atoms with E-state index in [1.54, 1.807) is 12.1 Å². The first kappa shape index (κ1) is 17.1. The average molecular weight is 344 g/mol. The molecule has 1 amide bonds. The van der Waals surface area contributed by atoms with E-state index >= 15 is 0 Å². The quantitative estimate of drug-likeness (QED) is 0.792. The highest BCUT2D eigenvalue weighted by Gasteiger charge is 2.15. The van der Waals surface area contributed by atoms with Crippen LogP contribution in [0.3, 0.4) is 0 Å². The molecule has 0 aliphatic heterocycles. The largest absolute Gasteiger partial charge is 0.467 e. The fraction of sp³-hybridized carbons (Fsp3) is 0.214. The molecule has 2 rings (SSSR count). The zero-order chi connectivity index (χ0) is 16.9. The number of nitrogens with one attached hydrogen (secondary N) is 2. The topological polar surface area (TPSA) is 88.4 Å². The van der Waals surface area contributed by atoms with Gasteiger partial charge in [-0.2, -0.15) is 0 Å². The second-order valence-electron chi connectivity index (χ2n) is 4.68. The van der Waals surface area contributed by atoms with Crippen molar-refractivity contribution in [1.82, 2.24) is 10.0 Å². The maximum absolute atomic E-state index is 13.0. The van der Waals surface area contributed by atoms with Crippen molar-refractivity contribution in [2.75, 3.05) is 6.54 Å². The average Bonchev–Trinajstić information content (AvgIpc) is 3.00. The van der Waals surface area contributed by atoms with Crippen molar-refractivity contribution in [3.05, 3.63) is 59.6 Å². The summed E-state index contributed by atoms with van der Waals surface area (Å²) < 4.78 is 56.5. The molecule has 0 atom stereocenters. The van der Waals surface area contributed by atoms with Crippen LogP contribution in [0.5, 0.6) is 0 Å². The van der Waals surface area contributed by atoms with E-state index in [-0.39, 0.29) is 12.1 Å². The molecule has 0 saturated heterocycles. The summed E-state index contributed by atoms with van der Waals surface area (Å²) in [5.41, 5.74) is 0.0763. The zero-order valence-electron chi connectivity index (χ0n) is 11.9. The molecule has 0 saturated carbocycles. The van der Waals surface area contributed by atoms with Crippen molar-refractivity contribution >= 4 is 15.9 Å². The SMILES string of the molecule is O=C(CNS(=O)(=O)Cc1ccc(F)c(F)c1)NCc1ccco1. The fourth-order valence-corrected chi connectivity index (χ4v) is 2.81. The first-order chi connectivity index (χ1) is 10.9. The first-order valence-corrected chi connectivity index (χ1v) is 8.21. The molecule has 0 unspecified atom stereocenters. The van der Waals surface area contributed by atoms with Crippen molar-refractivity contribution < 1.29 is 26.4 Å². The number of halogens is 2. The lowest BCUT2D eigenvalue weighted by Crippen LogP contribution is -2.37. The molecule has 0 aliphatic rings. The zero-order valence-corrected chi connectivity index (χ0v) is 12.7. The Bertz CT molecular complexity index is 776. The minimum Gasteiger partial charge on any atom is -0.467 e. The van der Waals surface area contributed by atoms with Crippen molar-refractivity contribution in [2.45, 2.75) is 12.3 Å². The van der Waals surface area contributed by atoms with Crippen LogP contribution in [0.2, 0.25) is 0 Å². The Morgan fingerprint density at radius 2 is 1.96 bits per heavy atom. The van der Waals surface area contributed by atoms with E-state index in [1.165, 1.54) is 6.26 Å². The van der Waals surface area contributed by atoms with Crippen LogP contribution < -0.4 is 10.0 Å². The van der Waals surface area contributed by atoms with Gasteiger partial charge < -0.3 is 9.73 Å². The smallest absolute Gasteiger partial charge is 0.235 e. The lowest BCUT2D eigenvalue weighted by Gasteiger charge is -2.07. The Kier molecular flexibility index (Phi) is 5.45. The van der Waals surface area contributed by atoms with E-state index in [1.807, 2.05) is 0 Å². The predicted molar refractivity (Wildman–Crippen MR) is 77.5 cm³/mol. The third-order valence-corrected chi connectivity index (χ3v) is 4.13. The summed E-state index contributed by atoms with van der Waals surface area (Å²) in [6.45, 7) is -0.330. The normalized spacial score (nSPS) is 11.4. The van der Waals surface area contributed by atoms with Crippen molar-refractivity contribution in [3.63, 3.8) is 0 Å². The van der Waals surface area contributed by atoms with Crippen LogP contribution in [-0.4, -0.2) is 20.9 Å². The third-order valence-electron chi connectivity index (χ3n) is 2.83. The van der Waals surface area contributed by atoms with Crippen LogP contribution in [0, 0.1) is 11.6 Å². The predicted octanol–water partition coefficient (Wildman–Crippen LogP) is 1.29. The first-order valence-electron chi connectivity index (χ1n) is 6.56. The van der Waals surface area contributed by atoms with Gasteiger partial charge in [-0.15, -0.1) is 0 Å². The molecule has 1 heterocycles. The second-order valence-corrected chi connectivity index (χ2v) is 6.49. The van der Waals surface area contributed by atoms with Gasteiger partial charge in [0.05, 0.1) is 25.1 Å². The fourth-order valence-electron chi connectivity index (χ4n) is 1.74. The molecule has 6 nitrogen and oxygen atoms in total. The minimum atomic E-state index is -3.85. The monoisotopic (exact) mass is 344 g/mol. The van der Waals surface area contributed by atoms with Crippen LogP contribution in [0.4, 0.5) is 8.78 Å². The molecule has 0 aliphatic carbocycles. The van der Waals surface area contributed by atoms with Gasteiger partial charge in [-0.25, -0.2) is 21.9 Å². The Morgan fingerprint density at radius 1 is 1.17 bits per heavy atom. The van der Waals surface area contributed by atoms with Gasteiger partial charge in [-0.05, 0) is 29.8 Å². The number of furan rings is 1. The van der Waals surface area contributed by atoms with E-state index in [4.69, 9.17) is 4.42 Å². The lowest BCUT2D eigenvalue weighted by molar-refractivity contribution is -0.120. The van der Waals surface area contributed by atoms with Crippen LogP contribution in [0.1, 0.15) is 11.3 Å². The van der Waals surface area contributed by atoms with Gasteiger partial charge in [0.25, 0.3) is 0 Å². The van der Waals surface area contributed by atoms with Gasteiger partial charge in [0, 0.05) is 0 Å². The van der Waals surface area contributed by atoms with Crippen LogP contribution >= 0.6 is 0 Å². The summed E-state index contributed by atoms with van der Waals surface area (Å²) >= 11 is 0. The van der Waals surface area contributed by atoms with Gasteiger partial charge in [-0.3, -0.25) is 4.79 Å². The van der Waals surface area contributed by atoms with Crippen molar-refractivity contribution in [1.29, 1.82) is 0 Å². The van der Waals surface area contributed by atoms with Gasteiger partial charge in [-0.1, -0.05) is 6.07 Å². The molecule has 9 heteroatoms. The molecule has 0 fully saturated rings. The third kappa shape index (κ3) is 5.46. The summed E-state index contributed by atoms with van der Waals surface area (Å²) in [5.74, 6) is -2.76. The maximum atomic E-state index is 13.0. The summed E-state index contributed by atoms with van der Waals surface area (Å²) in [6.07, 6.45) is 1.45. The molecule has 0 spiro atoms. The maximum Gasteiger partial charge on any atom is 0.235 e. The number of carbonyl (C=O) groups is 1. The van der Waals surface area contributed by atoms with Crippen molar-refractivity contribution in [2.24, 2.45) is 0 Å². The lowest BCUT2D eigenvalue weighted by atomic mass is 10.2. The van der Waals surface area contributed by atoms with Gasteiger partial charge in [0.2, 0.25) is 15.9 Å². The van der Waals surface area contributed by atoms with E-state index < -0.39 is 39.9 Å². The molecule has 124 valence electrons. The van der Waals surface area contributed by atoms with E-state index in [0.717, 1.165) is 18.2 Å². The number of amides is 1. The Balaban J connectivity index is 1.83. The molecule has 0 radical (unpaired) electrons. The highest BCUT2D eigenvalue weighted by molar-refractivity contribution is 7.88. The summed E-state index contributed by atoms with van der Waals surface area (Å²) in [5, 5.41) is 2.47. The second kappa shape index (κ2) is 7.34. The summed E-state index contributed by atoms with van der Waals surface area (Å²) in [7, 11) is -3.85. The van der Waals surface area contributed by atoms with Crippen LogP contribution in [0.25, 0.3) is 0 Å². The summed E-state index contributed by atoms with van der Waals surface area (Å²) in [6, 6.07) is 6.12. The highest BCUT2D eigenvalue weighted by atomic mass is 32.2. The molecule has 23 heavy (non-hydrogen) atoms. The number of benzene rings is 1. The summed E-state index contributed by atoms with van der Waals surface area (Å²) in [4.78, 5) is 11.5. The van der Waals surface area contributed by atoms with E-state index in [9.17, 15) is 22.0 Å². The number of hydrogen-bond donors (Lipinski definition) is 2. The van der Waals surface area contributed by atoms with Crippen LogP contribution in [0.15, 0.2) is 41.0 Å². The molecular formula is C14H14F2N2O4S. The number of hydrogen-bond acceptors (Lipinski definition) is 4. The standard InChI is InChI=1S/C14H14F2N2O4S/c15-12-4-3-10(6-13(12)16)9-23(20,21)18-8-14(19)17-7-11-2-1-5-22-11/h1-6,18H,7-9H2,(H,17,19). The van der Waals surface area contributed by atoms with E-state index in [0.29, 0.717) is 5.76 Å². The van der Waals surface area contributed by atoms with Gasteiger partial charge >= 0.3 is 0 Å². The number of sulfonamides is 1. The van der Waals surface area contributed by atoms with Crippen molar-refractivity contribution in [3.8, 4) is 0 Å². The van der Waals surface area contributed by atoms with Gasteiger partial charge in [0.1, 0.15) is 5.76 Å². The molecule has 2 aromatic rings. The Hall–Kier alpha value is -2.26. The minimum absolute atomic E-state index is 0.0763. The Morgan fingerprint density at radius 3 is 2.61 bits per heavy atom.